The first-order valence-electron chi connectivity index (χ1n) is 11.1. The van der Waals surface area contributed by atoms with E-state index in [2.05, 4.69) is 12.1 Å². The molecular weight excluding hydrogens is 378 g/mol. The van der Waals surface area contributed by atoms with Crippen LogP contribution in [0.3, 0.4) is 0 Å². The molecule has 0 bridgehead atoms. The molecule has 2 N–H and O–H groups in total. The topological polar surface area (TPSA) is 71.3 Å². The predicted octanol–water partition coefficient (Wildman–Crippen LogP) is 6.31. The third kappa shape index (κ3) is 6.41. The third-order valence-corrected chi connectivity index (χ3v) is 5.45. The second-order valence-corrected chi connectivity index (χ2v) is 7.99. The lowest BCUT2D eigenvalue weighted by molar-refractivity contribution is 0.125. The van der Waals surface area contributed by atoms with E-state index in [1.165, 1.54) is 44.6 Å². The fourth-order valence-electron chi connectivity index (χ4n) is 3.84. The molecule has 5 nitrogen and oxygen atoms in total. The van der Waals surface area contributed by atoms with Crippen LogP contribution in [0.15, 0.2) is 47.6 Å². The lowest BCUT2D eigenvalue weighted by Gasteiger charge is -2.27. The highest BCUT2D eigenvalue weighted by Crippen LogP contribution is 2.39. The zero-order valence-electron chi connectivity index (χ0n) is 17.8. The van der Waals surface area contributed by atoms with Gasteiger partial charge in [-0.15, -0.1) is 0 Å². The van der Waals surface area contributed by atoms with Gasteiger partial charge in [-0.1, -0.05) is 80.9 Å². The first-order valence-corrected chi connectivity index (χ1v) is 11.1. The Hall–Kier alpha value is -2.69. The first kappa shape index (κ1) is 22.0. The minimum atomic E-state index is -0.0403. The van der Waals surface area contributed by atoms with Gasteiger partial charge < -0.3 is 19.8 Å². The summed E-state index contributed by atoms with van der Waals surface area (Å²) < 4.78 is 6.08. The van der Waals surface area contributed by atoms with Crippen molar-refractivity contribution in [3.63, 3.8) is 0 Å². The van der Waals surface area contributed by atoms with Crippen molar-refractivity contribution in [2.45, 2.75) is 77.4 Å². The number of benzene rings is 2. The van der Waals surface area contributed by atoms with Crippen LogP contribution in [0.4, 0.5) is 0 Å². The van der Waals surface area contributed by atoms with E-state index in [1.54, 1.807) is 6.07 Å². The molecule has 0 spiro atoms. The molecule has 2 aromatic rings. The summed E-state index contributed by atoms with van der Waals surface area (Å²) in [5, 5.41) is 24.6. The van der Waals surface area contributed by atoms with Crippen LogP contribution in [0.5, 0.6) is 17.2 Å². The molecule has 0 saturated carbocycles. The van der Waals surface area contributed by atoms with Crippen molar-refractivity contribution in [2.24, 2.45) is 5.16 Å². The maximum absolute atomic E-state index is 10.4. The van der Waals surface area contributed by atoms with Gasteiger partial charge in [-0.2, -0.15) is 0 Å². The Labute approximate surface area is 179 Å². The van der Waals surface area contributed by atoms with E-state index in [-0.39, 0.29) is 17.6 Å². The van der Waals surface area contributed by atoms with E-state index in [0.717, 1.165) is 18.4 Å². The number of phenolic OH excluding ortho intramolecular Hbond substituents is 2. The van der Waals surface area contributed by atoms with Gasteiger partial charge in [0, 0.05) is 18.6 Å². The van der Waals surface area contributed by atoms with Gasteiger partial charge in [-0.3, -0.25) is 0 Å². The van der Waals surface area contributed by atoms with E-state index in [4.69, 9.17) is 9.57 Å². The SMILES string of the molecule is CCCCCCCCCC1C/C(=N\OCc2ccccc2)c2c(O)cc(O)cc2O1. The van der Waals surface area contributed by atoms with E-state index in [9.17, 15) is 10.2 Å². The average molecular weight is 412 g/mol. The molecule has 162 valence electrons. The molecule has 1 heterocycles. The summed E-state index contributed by atoms with van der Waals surface area (Å²) in [5.74, 6) is 0.405. The normalized spacial score (nSPS) is 16.8. The van der Waals surface area contributed by atoms with Gasteiger partial charge >= 0.3 is 0 Å². The monoisotopic (exact) mass is 411 g/mol. The lowest BCUT2D eigenvalue weighted by Crippen LogP contribution is -2.27. The largest absolute Gasteiger partial charge is 0.508 e. The van der Waals surface area contributed by atoms with Crippen LogP contribution in [0.25, 0.3) is 0 Å². The summed E-state index contributed by atoms with van der Waals surface area (Å²) in [4.78, 5) is 5.59. The number of aromatic hydroxyl groups is 2. The smallest absolute Gasteiger partial charge is 0.142 e. The van der Waals surface area contributed by atoms with Crippen LogP contribution in [-0.4, -0.2) is 22.0 Å². The molecule has 0 radical (unpaired) electrons. The summed E-state index contributed by atoms with van der Waals surface area (Å²) in [6, 6.07) is 12.7. The average Bonchev–Trinajstić information content (AvgIpc) is 2.73. The molecule has 0 fully saturated rings. The number of phenols is 2. The maximum atomic E-state index is 10.4. The van der Waals surface area contributed by atoms with Crippen LogP contribution in [0.1, 0.15) is 75.8 Å². The molecular formula is C25H33NO4. The van der Waals surface area contributed by atoms with Crippen LogP contribution in [0.2, 0.25) is 0 Å². The molecule has 30 heavy (non-hydrogen) atoms. The molecule has 0 aliphatic carbocycles. The zero-order chi connectivity index (χ0) is 21.2. The van der Waals surface area contributed by atoms with Crippen molar-refractivity contribution in [3.05, 3.63) is 53.6 Å². The Balaban J connectivity index is 1.61. The Bertz CT molecular complexity index is 819. The van der Waals surface area contributed by atoms with Gasteiger partial charge in [0.25, 0.3) is 0 Å². The minimum Gasteiger partial charge on any atom is -0.508 e. The van der Waals surface area contributed by atoms with E-state index in [0.29, 0.717) is 30.1 Å². The van der Waals surface area contributed by atoms with Gasteiger partial charge in [0.1, 0.15) is 30.0 Å². The van der Waals surface area contributed by atoms with Crippen LogP contribution >= 0.6 is 0 Å². The minimum absolute atomic E-state index is 0.0209. The van der Waals surface area contributed by atoms with E-state index >= 15 is 0 Å². The molecule has 5 heteroatoms. The zero-order valence-corrected chi connectivity index (χ0v) is 17.8. The Morgan fingerprint density at radius 2 is 1.73 bits per heavy atom. The number of ether oxygens (including phenoxy) is 1. The van der Waals surface area contributed by atoms with Crippen molar-refractivity contribution in [1.82, 2.24) is 0 Å². The molecule has 0 amide bonds. The summed E-state index contributed by atoms with van der Waals surface area (Å²) in [7, 11) is 0. The Kier molecular flexibility index (Phi) is 8.42. The number of hydrogen-bond acceptors (Lipinski definition) is 5. The third-order valence-electron chi connectivity index (χ3n) is 5.45. The Morgan fingerprint density at radius 1 is 1.00 bits per heavy atom. The fourth-order valence-corrected chi connectivity index (χ4v) is 3.84. The predicted molar refractivity (Wildman–Crippen MR) is 119 cm³/mol. The highest BCUT2D eigenvalue weighted by Gasteiger charge is 2.28. The number of fused-ring (bicyclic) bond motifs is 1. The number of nitrogens with zero attached hydrogens (tertiary/aromatic N) is 1. The summed E-state index contributed by atoms with van der Waals surface area (Å²) >= 11 is 0. The Morgan fingerprint density at radius 3 is 2.50 bits per heavy atom. The van der Waals surface area contributed by atoms with Gasteiger partial charge in [0.2, 0.25) is 0 Å². The van der Waals surface area contributed by atoms with Crippen molar-refractivity contribution in [3.8, 4) is 17.2 Å². The van der Waals surface area contributed by atoms with E-state index in [1.807, 2.05) is 30.3 Å². The number of hydrogen-bond donors (Lipinski definition) is 2. The lowest BCUT2D eigenvalue weighted by atomic mass is 9.95. The second-order valence-electron chi connectivity index (χ2n) is 7.99. The van der Waals surface area contributed by atoms with Gasteiger partial charge in [-0.25, -0.2) is 0 Å². The van der Waals surface area contributed by atoms with Crippen molar-refractivity contribution in [2.75, 3.05) is 0 Å². The maximum Gasteiger partial charge on any atom is 0.142 e. The summed E-state index contributed by atoms with van der Waals surface area (Å²) in [6.07, 6.45) is 10.2. The fraction of sp³-hybridized carbons (Fsp3) is 0.480. The van der Waals surface area contributed by atoms with Gasteiger partial charge in [0.15, 0.2) is 0 Å². The van der Waals surface area contributed by atoms with E-state index < -0.39 is 0 Å². The molecule has 0 saturated heterocycles. The molecule has 3 rings (SSSR count). The standard InChI is InChI=1S/C25H33NO4/c1-2-3-4-5-6-7-11-14-21-17-22(26-29-18-19-12-9-8-10-13-19)25-23(28)15-20(27)16-24(25)30-21/h8-10,12-13,15-16,21,27-28H,2-7,11,14,17-18H2,1H3/b26-22+. The summed E-state index contributed by atoms with van der Waals surface area (Å²) in [6.45, 7) is 2.60. The molecule has 1 atom stereocenters. The number of rotatable bonds is 11. The number of oxime groups is 1. The van der Waals surface area contributed by atoms with Gasteiger partial charge in [-0.05, 0) is 18.4 Å². The molecule has 2 aromatic carbocycles. The highest BCUT2D eigenvalue weighted by atomic mass is 16.6. The van der Waals surface area contributed by atoms with Crippen molar-refractivity contribution in [1.29, 1.82) is 0 Å². The molecule has 0 aromatic heterocycles. The van der Waals surface area contributed by atoms with Crippen LogP contribution < -0.4 is 4.74 Å². The van der Waals surface area contributed by atoms with Gasteiger partial charge in [0.05, 0.1) is 11.3 Å². The van der Waals surface area contributed by atoms with Crippen molar-refractivity contribution < 1.29 is 19.8 Å². The number of unbranched alkanes of at least 4 members (excludes halogenated alkanes) is 6. The van der Waals surface area contributed by atoms with Crippen LogP contribution in [-0.2, 0) is 11.4 Å². The van der Waals surface area contributed by atoms with Crippen LogP contribution in [0, 0.1) is 0 Å². The molecule has 1 unspecified atom stereocenters. The second kappa shape index (κ2) is 11.5. The highest BCUT2D eigenvalue weighted by molar-refractivity contribution is 6.06. The first-order chi connectivity index (χ1) is 14.7. The molecule has 1 aliphatic rings. The summed E-state index contributed by atoms with van der Waals surface area (Å²) in [5.41, 5.74) is 2.21. The molecule has 1 aliphatic heterocycles. The quantitative estimate of drug-likeness (QED) is 0.336. The van der Waals surface area contributed by atoms with Crippen molar-refractivity contribution >= 4 is 5.71 Å².